The van der Waals surface area contributed by atoms with Crippen LogP contribution < -0.4 is 10.9 Å². The third-order valence-electron chi connectivity index (χ3n) is 3.81. The van der Waals surface area contributed by atoms with E-state index in [1.807, 2.05) is 12.3 Å². The zero-order valence-electron chi connectivity index (χ0n) is 13.8. The monoisotopic (exact) mass is 347 g/mol. The number of aromatic nitrogens is 2. The first-order valence-corrected chi connectivity index (χ1v) is 9.36. The van der Waals surface area contributed by atoms with Crippen LogP contribution in [0.5, 0.6) is 0 Å². The van der Waals surface area contributed by atoms with E-state index in [9.17, 15) is 4.79 Å². The fourth-order valence-corrected chi connectivity index (χ4v) is 4.62. The Kier molecular flexibility index (Phi) is 4.40. The van der Waals surface area contributed by atoms with Crippen LogP contribution in [-0.4, -0.2) is 9.38 Å². The molecule has 0 aliphatic carbocycles. The molecule has 0 radical (unpaired) electrons. The van der Waals surface area contributed by atoms with Crippen molar-refractivity contribution in [2.45, 2.75) is 40.3 Å². The van der Waals surface area contributed by atoms with Crippen LogP contribution in [0.4, 0.5) is 0 Å². The molecular weight excluding hydrogens is 326 g/mol. The van der Waals surface area contributed by atoms with Crippen molar-refractivity contribution in [3.8, 4) is 0 Å². The normalized spacial score (nSPS) is 13.6. The van der Waals surface area contributed by atoms with E-state index in [1.165, 1.54) is 16.2 Å². The number of fused-ring (bicyclic) bond motifs is 1. The predicted molar refractivity (Wildman–Crippen MR) is 97.4 cm³/mol. The second-order valence-corrected chi connectivity index (χ2v) is 8.59. The number of rotatable bonds is 4. The highest BCUT2D eigenvalue weighted by Gasteiger charge is 2.26. The van der Waals surface area contributed by atoms with Gasteiger partial charge < -0.3 is 5.32 Å². The van der Waals surface area contributed by atoms with E-state index in [0.29, 0.717) is 6.54 Å². The maximum absolute atomic E-state index is 12.3. The van der Waals surface area contributed by atoms with E-state index in [4.69, 9.17) is 0 Å². The minimum Gasteiger partial charge on any atom is -0.303 e. The van der Waals surface area contributed by atoms with Crippen molar-refractivity contribution in [3.63, 3.8) is 0 Å². The molecule has 0 saturated carbocycles. The van der Waals surface area contributed by atoms with Gasteiger partial charge in [-0.15, -0.1) is 22.7 Å². The van der Waals surface area contributed by atoms with E-state index in [0.717, 1.165) is 16.3 Å². The molecule has 0 saturated heterocycles. The molecule has 0 aliphatic rings. The van der Waals surface area contributed by atoms with Gasteiger partial charge in [-0.25, -0.2) is 4.98 Å². The number of nitrogens with one attached hydrogen (secondary N) is 1. The SMILES string of the molecule is Cc1csc2nc(CN[C@H](c3cccs3)C(C)(C)C)cc(=O)n12. The van der Waals surface area contributed by atoms with Gasteiger partial charge in [0.25, 0.3) is 5.56 Å². The molecule has 6 heteroatoms. The minimum absolute atomic E-state index is 0.00557. The first-order chi connectivity index (χ1) is 10.9. The highest BCUT2D eigenvalue weighted by atomic mass is 32.1. The molecule has 0 aliphatic heterocycles. The Balaban J connectivity index is 1.85. The first kappa shape index (κ1) is 16.4. The summed E-state index contributed by atoms with van der Waals surface area (Å²) in [7, 11) is 0. The van der Waals surface area contributed by atoms with Crippen LogP contribution in [0.15, 0.2) is 33.8 Å². The van der Waals surface area contributed by atoms with Gasteiger partial charge >= 0.3 is 0 Å². The number of thiazole rings is 1. The molecule has 1 atom stereocenters. The Morgan fingerprint density at radius 3 is 2.78 bits per heavy atom. The van der Waals surface area contributed by atoms with Crippen LogP contribution in [-0.2, 0) is 6.54 Å². The summed E-state index contributed by atoms with van der Waals surface area (Å²) in [6.45, 7) is 9.18. The Hall–Kier alpha value is -1.50. The summed E-state index contributed by atoms with van der Waals surface area (Å²) in [6.07, 6.45) is 0. The average Bonchev–Trinajstić information content (AvgIpc) is 3.08. The van der Waals surface area contributed by atoms with E-state index in [2.05, 4.69) is 48.6 Å². The molecule has 0 fully saturated rings. The van der Waals surface area contributed by atoms with E-state index in [-0.39, 0.29) is 17.0 Å². The maximum Gasteiger partial charge on any atom is 0.259 e. The molecule has 0 bridgehead atoms. The van der Waals surface area contributed by atoms with Crippen molar-refractivity contribution in [2.24, 2.45) is 5.41 Å². The van der Waals surface area contributed by atoms with Crippen molar-refractivity contribution in [3.05, 3.63) is 55.6 Å². The number of nitrogens with zero attached hydrogens (tertiary/aromatic N) is 2. The Morgan fingerprint density at radius 2 is 2.13 bits per heavy atom. The van der Waals surface area contributed by atoms with Gasteiger partial charge in [-0.3, -0.25) is 9.20 Å². The van der Waals surface area contributed by atoms with E-state index < -0.39 is 0 Å². The number of hydrogen-bond donors (Lipinski definition) is 1. The van der Waals surface area contributed by atoms with Crippen molar-refractivity contribution in [1.82, 2.24) is 14.7 Å². The maximum atomic E-state index is 12.3. The Bertz CT molecular complexity index is 856. The third-order valence-corrected chi connectivity index (χ3v) is 5.69. The van der Waals surface area contributed by atoms with Crippen LogP contribution in [0.1, 0.15) is 43.1 Å². The third kappa shape index (κ3) is 3.39. The molecular formula is C17H21N3OS2. The van der Waals surface area contributed by atoms with Crippen molar-refractivity contribution < 1.29 is 0 Å². The van der Waals surface area contributed by atoms with Gasteiger partial charge in [0.15, 0.2) is 4.96 Å². The van der Waals surface area contributed by atoms with Gasteiger partial charge in [0.1, 0.15) is 0 Å². The van der Waals surface area contributed by atoms with Gasteiger partial charge in [0.05, 0.1) is 5.69 Å². The first-order valence-electron chi connectivity index (χ1n) is 7.60. The van der Waals surface area contributed by atoms with E-state index >= 15 is 0 Å². The Morgan fingerprint density at radius 1 is 1.35 bits per heavy atom. The summed E-state index contributed by atoms with van der Waals surface area (Å²) in [5.41, 5.74) is 1.81. The fourth-order valence-electron chi connectivity index (χ4n) is 2.69. The second kappa shape index (κ2) is 6.19. The van der Waals surface area contributed by atoms with Crippen molar-refractivity contribution in [2.75, 3.05) is 0 Å². The van der Waals surface area contributed by atoms with Gasteiger partial charge in [0.2, 0.25) is 0 Å². The fraction of sp³-hybridized carbons (Fsp3) is 0.412. The largest absolute Gasteiger partial charge is 0.303 e. The molecule has 0 unspecified atom stereocenters. The molecule has 3 aromatic rings. The minimum atomic E-state index is -0.00557. The van der Waals surface area contributed by atoms with Crippen LogP contribution in [0, 0.1) is 12.3 Å². The van der Waals surface area contributed by atoms with Crippen LogP contribution in [0.3, 0.4) is 0 Å². The molecule has 0 aromatic carbocycles. The van der Waals surface area contributed by atoms with Gasteiger partial charge in [-0.1, -0.05) is 26.8 Å². The van der Waals surface area contributed by atoms with Gasteiger partial charge in [-0.05, 0) is 23.8 Å². The lowest BCUT2D eigenvalue weighted by Gasteiger charge is -2.31. The van der Waals surface area contributed by atoms with E-state index in [1.54, 1.807) is 21.8 Å². The number of thiophene rings is 1. The molecule has 3 aromatic heterocycles. The molecule has 0 spiro atoms. The van der Waals surface area contributed by atoms with Crippen molar-refractivity contribution in [1.29, 1.82) is 0 Å². The zero-order valence-corrected chi connectivity index (χ0v) is 15.4. The molecule has 0 amide bonds. The average molecular weight is 348 g/mol. The summed E-state index contributed by atoms with van der Waals surface area (Å²) in [5, 5.41) is 7.64. The molecule has 4 nitrogen and oxygen atoms in total. The zero-order chi connectivity index (χ0) is 16.6. The molecule has 3 rings (SSSR count). The van der Waals surface area contributed by atoms with Crippen LogP contribution in [0.25, 0.3) is 4.96 Å². The standard InChI is InChI=1S/C17H21N3OS2/c1-11-10-23-16-19-12(8-14(21)20(11)16)9-18-15(17(2,3)4)13-6-5-7-22-13/h5-8,10,15,18H,9H2,1-4H3/t15-/m1/s1. The topological polar surface area (TPSA) is 46.4 Å². The predicted octanol–water partition coefficient (Wildman–Crippen LogP) is 4.00. The highest BCUT2D eigenvalue weighted by molar-refractivity contribution is 7.15. The lowest BCUT2D eigenvalue weighted by Crippen LogP contribution is -2.32. The van der Waals surface area contributed by atoms with Crippen molar-refractivity contribution >= 4 is 27.6 Å². The summed E-state index contributed by atoms with van der Waals surface area (Å²) in [6, 6.07) is 6.09. The number of aryl methyl sites for hydroxylation is 1. The molecule has 23 heavy (non-hydrogen) atoms. The quantitative estimate of drug-likeness (QED) is 0.776. The molecule has 1 N–H and O–H groups in total. The van der Waals surface area contributed by atoms with Crippen LogP contribution in [0.2, 0.25) is 0 Å². The lowest BCUT2D eigenvalue weighted by molar-refractivity contribution is 0.274. The Labute approximate surface area is 143 Å². The molecule has 122 valence electrons. The second-order valence-electron chi connectivity index (χ2n) is 6.78. The molecule has 3 heterocycles. The number of hydrogen-bond acceptors (Lipinski definition) is 5. The van der Waals surface area contributed by atoms with Gasteiger partial charge in [0, 0.05) is 34.6 Å². The summed E-state index contributed by atoms with van der Waals surface area (Å²) < 4.78 is 1.66. The summed E-state index contributed by atoms with van der Waals surface area (Å²) >= 11 is 3.26. The summed E-state index contributed by atoms with van der Waals surface area (Å²) in [5.74, 6) is 0. The van der Waals surface area contributed by atoms with Gasteiger partial charge in [-0.2, -0.15) is 0 Å². The van der Waals surface area contributed by atoms with Crippen LogP contribution >= 0.6 is 22.7 Å². The highest BCUT2D eigenvalue weighted by Crippen LogP contribution is 2.35. The smallest absolute Gasteiger partial charge is 0.259 e. The summed E-state index contributed by atoms with van der Waals surface area (Å²) in [4.78, 5) is 18.9. The lowest BCUT2D eigenvalue weighted by atomic mass is 9.85.